The van der Waals surface area contributed by atoms with Gasteiger partial charge in [0.2, 0.25) is 5.88 Å². The van der Waals surface area contributed by atoms with Gasteiger partial charge in [-0.15, -0.1) is 0 Å². The molecule has 0 fully saturated rings. The standard InChI is InChI=1S/C19H24N4O3/c1-5-25-11(2)23-10-12(9-22-23)16-13(8-20)18(21)26-15-7-19(3,4)6-14(24)17(15)16/h9-11,16H,5-7,21H2,1-4H3/t11-,16+/m0/s1. The highest BCUT2D eigenvalue weighted by Gasteiger charge is 2.43. The monoisotopic (exact) mass is 356 g/mol. The van der Waals surface area contributed by atoms with Crippen molar-refractivity contribution < 1.29 is 14.3 Å². The van der Waals surface area contributed by atoms with Gasteiger partial charge in [-0.3, -0.25) is 4.79 Å². The molecule has 0 aromatic carbocycles. The number of aromatic nitrogens is 2. The van der Waals surface area contributed by atoms with Crippen LogP contribution in [0, 0.1) is 16.7 Å². The second kappa shape index (κ2) is 6.61. The third-order valence-electron chi connectivity index (χ3n) is 4.81. The number of hydrogen-bond acceptors (Lipinski definition) is 6. The minimum absolute atomic E-state index is 0.00731. The summed E-state index contributed by atoms with van der Waals surface area (Å²) >= 11 is 0. The van der Waals surface area contributed by atoms with Gasteiger partial charge in [-0.1, -0.05) is 13.8 Å². The second-order valence-electron chi connectivity index (χ2n) is 7.51. The molecule has 2 N–H and O–H groups in total. The summed E-state index contributed by atoms with van der Waals surface area (Å²) in [5, 5.41) is 14.0. The summed E-state index contributed by atoms with van der Waals surface area (Å²) in [4.78, 5) is 12.9. The van der Waals surface area contributed by atoms with Crippen LogP contribution in [0.15, 0.2) is 35.2 Å². The van der Waals surface area contributed by atoms with E-state index in [0.29, 0.717) is 30.8 Å². The van der Waals surface area contributed by atoms with Gasteiger partial charge in [-0.2, -0.15) is 10.4 Å². The van der Waals surface area contributed by atoms with Crippen LogP contribution in [0.2, 0.25) is 0 Å². The molecule has 7 nitrogen and oxygen atoms in total. The summed E-state index contributed by atoms with van der Waals surface area (Å²) in [6.45, 7) is 8.41. The average Bonchev–Trinajstić information content (AvgIpc) is 3.02. The van der Waals surface area contributed by atoms with Crippen molar-refractivity contribution in [2.45, 2.75) is 52.7 Å². The smallest absolute Gasteiger partial charge is 0.205 e. The summed E-state index contributed by atoms with van der Waals surface area (Å²) in [7, 11) is 0. The first-order valence-corrected chi connectivity index (χ1v) is 8.77. The van der Waals surface area contributed by atoms with Crippen LogP contribution in [0.3, 0.4) is 0 Å². The van der Waals surface area contributed by atoms with Crippen molar-refractivity contribution in [3.05, 3.63) is 40.7 Å². The molecule has 1 aromatic rings. The predicted molar refractivity (Wildman–Crippen MR) is 94.3 cm³/mol. The van der Waals surface area contributed by atoms with Crippen molar-refractivity contribution in [2.24, 2.45) is 11.1 Å². The number of hydrogen-bond donors (Lipinski definition) is 1. The molecule has 1 aromatic heterocycles. The summed E-state index contributed by atoms with van der Waals surface area (Å²) in [6.07, 6.45) is 4.24. The molecule has 0 saturated carbocycles. The topological polar surface area (TPSA) is 103 Å². The Morgan fingerprint density at radius 3 is 2.92 bits per heavy atom. The molecule has 2 heterocycles. The third kappa shape index (κ3) is 3.13. The van der Waals surface area contributed by atoms with Gasteiger partial charge >= 0.3 is 0 Å². The van der Waals surface area contributed by atoms with Gasteiger partial charge < -0.3 is 15.2 Å². The molecular weight excluding hydrogens is 332 g/mol. The van der Waals surface area contributed by atoms with E-state index in [-0.39, 0.29) is 28.9 Å². The molecule has 3 rings (SSSR count). The minimum atomic E-state index is -0.546. The lowest BCUT2D eigenvalue weighted by molar-refractivity contribution is -0.119. The zero-order valence-corrected chi connectivity index (χ0v) is 15.6. The van der Waals surface area contributed by atoms with Gasteiger partial charge in [0, 0.05) is 36.8 Å². The number of nitriles is 1. The lowest BCUT2D eigenvalue weighted by Gasteiger charge is -2.36. The van der Waals surface area contributed by atoms with Gasteiger partial charge in [-0.25, -0.2) is 4.68 Å². The Hall–Kier alpha value is -2.59. The molecule has 0 bridgehead atoms. The van der Waals surface area contributed by atoms with Crippen molar-refractivity contribution in [1.29, 1.82) is 5.26 Å². The fraction of sp³-hybridized carbons (Fsp3) is 0.526. The van der Waals surface area contributed by atoms with Crippen LogP contribution >= 0.6 is 0 Å². The third-order valence-corrected chi connectivity index (χ3v) is 4.81. The van der Waals surface area contributed by atoms with Gasteiger partial charge in [0.05, 0.1) is 12.1 Å². The maximum absolute atomic E-state index is 12.9. The molecule has 0 unspecified atom stereocenters. The van der Waals surface area contributed by atoms with Gasteiger partial charge in [0.15, 0.2) is 5.78 Å². The first kappa shape index (κ1) is 18.2. The van der Waals surface area contributed by atoms with Crippen LogP contribution in [0.1, 0.15) is 58.2 Å². The number of carbonyl (C=O) groups excluding carboxylic acids is 1. The van der Waals surface area contributed by atoms with Crippen LogP contribution in [0.25, 0.3) is 0 Å². The van der Waals surface area contributed by atoms with E-state index in [9.17, 15) is 10.1 Å². The van der Waals surface area contributed by atoms with E-state index >= 15 is 0 Å². The van der Waals surface area contributed by atoms with Crippen LogP contribution in [0.5, 0.6) is 0 Å². The molecule has 26 heavy (non-hydrogen) atoms. The fourth-order valence-electron chi connectivity index (χ4n) is 3.64. The predicted octanol–water partition coefficient (Wildman–Crippen LogP) is 2.89. The lowest BCUT2D eigenvalue weighted by atomic mass is 9.70. The lowest BCUT2D eigenvalue weighted by Crippen LogP contribution is -2.33. The average molecular weight is 356 g/mol. The Labute approximate surface area is 153 Å². The summed E-state index contributed by atoms with van der Waals surface area (Å²) in [6, 6.07) is 2.12. The van der Waals surface area contributed by atoms with Crippen molar-refractivity contribution in [3.8, 4) is 6.07 Å². The molecule has 1 aliphatic heterocycles. The molecule has 2 aliphatic rings. The van der Waals surface area contributed by atoms with Crippen molar-refractivity contribution in [2.75, 3.05) is 6.61 Å². The van der Waals surface area contributed by atoms with Gasteiger partial charge in [0.25, 0.3) is 0 Å². The number of carbonyl (C=O) groups is 1. The molecule has 0 spiro atoms. The fourth-order valence-corrected chi connectivity index (χ4v) is 3.64. The Bertz CT molecular complexity index is 841. The molecule has 7 heteroatoms. The highest BCUT2D eigenvalue weighted by molar-refractivity contribution is 6.00. The molecule has 2 atom stereocenters. The maximum Gasteiger partial charge on any atom is 0.205 e. The van der Waals surface area contributed by atoms with E-state index in [4.69, 9.17) is 15.2 Å². The molecule has 0 saturated heterocycles. The van der Waals surface area contributed by atoms with E-state index in [1.54, 1.807) is 17.1 Å². The van der Waals surface area contributed by atoms with Crippen molar-refractivity contribution in [1.82, 2.24) is 9.78 Å². The van der Waals surface area contributed by atoms with E-state index in [1.807, 2.05) is 27.7 Å². The van der Waals surface area contributed by atoms with Crippen LogP contribution < -0.4 is 5.73 Å². The summed E-state index contributed by atoms with van der Waals surface area (Å²) in [5.74, 6) is 0.0766. The SMILES string of the molecule is CCO[C@@H](C)n1cc([C@@H]2C(C#N)=C(N)OC3=C2C(=O)CC(C)(C)C3)cn1. The zero-order valence-electron chi connectivity index (χ0n) is 15.6. The molecule has 0 amide bonds. The quantitative estimate of drug-likeness (QED) is 0.890. The van der Waals surface area contributed by atoms with Crippen molar-refractivity contribution in [3.63, 3.8) is 0 Å². The van der Waals surface area contributed by atoms with Gasteiger partial charge in [0.1, 0.15) is 23.6 Å². The number of rotatable bonds is 4. The minimum Gasteiger partial charge on any atom is -0.444 e. The van der Waals surface area contributed by atoms with Gasteiger partial charge in [-0.05, 0) is 19.3 Å². The number of nitrogens with two attached hydrogens (primary N) is 1. The second-order valence-corrected chi connectivity index (χ2v) is 7.51. The van der Waals surface area contributed by atoms with E-state index < -0.39 is 5.92 Å². The summed E-state index contributed by atoms with van der Waals surface area (Å²) < 4.78 is 12.9. The Kier molecular flexibility index (Phi) is 4.63. The largest absolute Gasteiger partial charge is 0.444 e. The normalized spacial score (nSPS) is 23.3. The van der Waals surface area contributed by atoms with Crippen LogP contribution in [0.4, 0.5) is 0 Å². The zero-order chi connectivity index (χ0) is 19.1. The number of ketones is 1. The molecule has 138 valence electrons. The van der Waals surface area contributed by atoms with Crippen LogP contribution in [-0.4, -0.2) is 22.2 Å². The number of nitrogens with zero attached hydrogens (tertiary/aromatic N) is 3. The maximum atomic E-state index is 12.9. The highest BCUT2D eigenvalue weighted by atomic mass is 16.5. The molecule has 0 radical (unpaired) electrons. The molecule has 1 aliphatic carbocycles. The first-order valence-electron chi connectivity index (χ1n) is 8.77. The molecular formula is C19H24N4O3. The van der Waals surface area contributed by atoms with E-state index in [2.05, 4.69) is 11.2 Å². The van der Waals surface area contributed by atoms with Crippen molar-refractivity contribution >= 4 is 5.78 Å². The van der Waals surface area contributed by atoms with Crippen LogP contribution in [-0.2, 0) is 14.3 Å². The summed E-state index contributed by atoms with van der Waals surface area (Å²) in [5.41, 5.74) is 7.33. The number of allylic oxidation sites excluding steroid dienone is 3. The van der Waals surface area contributed by atoms with E-state index in [1.165, 1.54) is 0 Å². The Morgan fingerprint density at radius 1 is 1.54 bits per heavy atom. The highest BCUT2D eigenvalue weighted by Crippen LogP contribution is 2.47. The Morgan fingerprint density at radius 2 is 2.27 bits per heavy atom. The number of Topliss-reactive ketones (excluding diaryl/α,β-unsaturated/α-hetero) is 1. The first-order chi connectivity index (χ1) is 12.3. The Balaban J connectivity index is 2.07. The van der Waals surface area contributed by atoms with E-state index in [0.717, 1.165) is 5.56 Å². The number of ether oxygens (including phenoxy) is 2.